The Bertz CT molecular complexity index is 1600. The number of halogens is 2. The first-order chi connectivity index (χ1) is 15.0. The number of hydrogen-bond donors (Lipinski definition) is 1. The van der Waals surface area contributed by atoms with Crippen LogP contribution < -0.4 is 11.2 Å². The SMILES string of the molecule is O=c1c2oc3ccccc3c2n(Cc2ccccc2-c2cc(F)ccc2F)c(=O)n1O. The van der Waals surface area contributed by atoms with Crippen LogP contribution in [0.4, 0.5) is 8.78 Å². The summed E-state index contributed by atoms with van der Waals surface area (Å²) in [6, 6.07) is 16.5. The van der Waals surface area contributed by atoms with Gasteiger partial charge in [-0.05, 0) is 41.5 Å². The highest BCUT2D eigenvalue weighted by atomic mass is 19.1. The van der Waals surface area contributed by atoms with Crippen LogP contribution in [0.1, 0.15) is 5.56 Å². The molecular formula is C23H14F2N2O4. The van der Waals surface area contributed by atoms with Gasteiger partial charge in [-0.2, -0.15) is 0 Å². The number of benzene rings is 3. The van der Waals surface area contributed by atoms with Gasteiger partial charge >= 0.3 is 11.2 Å². The number of para-hydroxylation sites is 1. The van der Waals surface area contributed by atoms with Crippen LogP contribution in [0.2, 0.25) is 0 Å². The molecule has 0 bridgehead atoms. The van der Waals surface area contributed by atoms with Crippen molar-refractivity contribution in [2.45, 2.75) is 6.54 Å². The minimum absolute atomic E-state index is 0.0178. The molecule has 3 aromatic carbocycles. The molecule has 0 amide bonds. The van der Waals surface area contributed by atoms with Crippen molar-refractivity contribution in [1.82, 2.24) is 9.30 Å². The molecule has 0 aliphatic carbocycles. The molecule has 0 spiro atoms. The number of fused-ring (bicyclic) bond motifs is 3. The molecule has 154 valence electrons. The van der Waals surface area contributed by atoms with E-state index in [1.807, 2.05) is 0 Å². The number of nitrogens with zero attached hydrogens (tertiary/aromatic N) is 2. The van der Waals surface area contributed by atoms with Crippen molar-refractivity contribution in [2.24, 2.45) is 0 Å². The molecule has 5 rings (SSSR count). The maximum absolute atomic E-state index is 14.4. The van der Waals surface area contributed by atoms with Crippen LogP contribution in [0.5, 0.6) is 0 Å². The lowest BCUT2D eigenvalue weighted by molar-refractivity contribution is 0.156. The molecule has 0 radical (unpaired) electrons. The van der Waals surface area contributed by atoms with Crippen molar-refractivity contribution in [3.63, 3.8) is 0 Å². The monoisotopic (exact) mass is 420 g/mol. The summed E-state index contributed by atoms with van der Waals surface area (Å²) in [5, 5.41) is 10.6. The Balaban J connectivity index is 1.80. The van der Waals surface area contributed by atoms with E-state index < -0.39 is 22.9 Å². The third-order valence-electron chi connectivity index (χ3n) is 5.20. The van der Waals surface area contributed by atoms with Gasteiger partial charge in [0.15, 0.2) is 0 Å². The lowest BCUT2D eigenvalue weighted by Crippen LogP contribution is -2.38. The summed E-state index contributed by atoms with van der Waals surface area (Å²) in [6.45, 7) is -0.119. The van der Waals surface area contributed by atoms with Crippen LogP contribution >= 0.6 is 0 Å². The second-order valence-electron chi connectivity index (χ2n) is 7.04. The number of furan rings is 1. The molecule has 0 aliphatic heterocycles. The molecule has 0 aliphatic rings. The first-order valence-electron chi connectivity index (χ1n) is 9.35. The fraction of sp³-hybridized carbons (Fsp3) is 0.0435. The zero-order chi connectivity index (χ0) is 21.7. The van der Waals surface area contributed by atoms with E-state index in [0.29, 0.717) is 22.1 Å². The maximum atomic E-state index is 14.4. The van der Waals surface area contributed by atoms with Gasteiger partial charge < -0.3 is 9.62 Å². The molecule has 2 heterocycles. The Morgan fingerprint density at radius 1 is 0.903 bits per heavy atom. The van der Waals surface area contributed by atoms with Crippen LogP contribution in [0.3, 0.4) is 0 Å². The maximum Gasteiger partial charge on any atom is 0.365 e. The second kappa shape index (κ2) is 6.94. The molecule has 8 heteroatoms. The summed E-state index contributed by atoms with van der Waals surface area (Å²) in [4.78, 5) is 25.2. The van der Waals surface area contributed by atoms with Crippen molar-refractivity contribution < 1.29 is 18.4 Å². The Labute approximate surface area is 172 Å². The summed E-state index contributed by atoms with van der Waals surface area (Å²) >= 11 is 0. The second-order valence-corrected chi connectivity index (χ2v) is 7.04. The quantitative estimate of drug-likeness (QED) is 0.445. The van der Waals surface area contributed by atoms with Crippen LogP contribution in [0.15, 0.2) is 80.7 Å². The van der Waals surface area contributed by atoms with E-state index in [0.717, 1.165) is 18.2 Å². The van der Waals surface area contributed by atoms with Crippen LogP contribution in [0, 0.1) is 11.6 Å². The molecule has 1 N–H and O–H groups in total. The summed E-state index contributed by atoms with van der Waals surface area (Å²) in [6.07, 6.45) is 0. The fourth-order valence-corrected chi connectivity index (χ4v) is 3.78. The zero-order valence-electron chi connectivity index (χ0n) is 15.9. The molecule has 0 unspecified atom stereocenters. The van der Waals surface area contributed by atoms with Gasteiger partial charge in [0.25, 0.3) is 0 Å². The van der Waals surface area contributed by atoms with Crippen molar-refractivity contribution >= 4 is 22.1 Å². The van der Waals surface area contributed by atoms with E-state index in [2.05, 4.69) is 0 Å². The third-order valence-corrected chi connectivity index (χ3v) is 5.20. The van der Waals surface area contributed by atoms with E-state index >= 15 is 0 Å². The van der Waals surface area contributed by atoms with Crippen molar-refractivity contribution in [3.05, 3.63) is 105 Å². The van der Waals surface area contributed by atoms with Gasteiger partial charge in [-0.3, -0.25) is 9.36 Å². The highest BCUT2D eigenvalue weighted by molar-refractivity contribution is 6.02. The molecule has 0 atom stereocenters. The largest absolute Gasteiger partial charge is 0.448 e. The summed E-state index contributed by atoms with van der Waals surface area (Å²) < 4.78 is 35.0. The van der Waals surface area contributed by atoms with E-state index in [4.69, 9.17) is 4.42 Å². The fourth-order valence-electron chi connectivity index (χ4n) is 3.78. The molecule has 0 saturated heterocycles. The highest BCUT2D eigenvalue weighted by Crippen LogP contribution is 2.30. The van der Waals surface area contributed by atoms with Crippen molar-refractivity contribution in [2.75, 3.05) is 0 Å². The van der Waals surface area contributed by atoms with Gasteiger partial charge in [0, 0.05) is 10.9 Å². The van der Waals surface area contributed by atoms with E-state index in [9.17, 15) is 23.6 Å². The lowest BCUT2D eigenvalue weighted by atomic mass is 9.99. The standard InChI is InChI=1S/C23H14F2N2O4/c24-14-9-10-18(25)17(11-14)15-6-2-1-5-13(15)12-26-20-16-7-3-4-8-19(16)31-21(20)22(28)27(30)23(26)29/h1-11,30H,12H2. The summed E-state index contributed by atoms with van der Waals surface area (Å²) in [5.41, 5.74) is -0.645. The van der Waals surface area contributed by atoms with E-state index in [-0.39, 0.29) is 27.9 Å². The van der Waals surface area contributed by atoms with E-state index in [1.54, 1.807) is 48.5 Å². The molecule has 0 fully saturated rings. The average molecular weight is 420 g/mol. The van der Waals surface area contributed by atoms with Gasteiger partial charge in [0.05, 0.1) is 6.54 Å². The minimum atomic E-state index is -0.975. The molecule has 5 aromatic rings. The van der Waals surface area contributed by atoms with Gasteiger partial charge in [0.1, 0.15) is 22.7 Å². The molecule has 2 aromatic heterocycles. The van der Waals surface area contributed by atoms with E-state index in [1.165, 1.54) is 4.57 Å². The predicted octanol–water partition coefficient (Wildman–Crippen LogP) is 4.14. The number of aromatic nitrogens is 2. The van der Waals surface area contributed by atoms with Crippen LogP contribution in [-0.4, -0.2) is 14.5 Å². The average Bonchev–Trinajstić information content (AvgIpc) is 3.17. The topological polar surface area (TPSA) is 77.4 Å². The van der Waals surface area contributed by atoms with Crippen molar-refractivity contribution in [3.8, 4) is 11.1 Å². The molecule has 0 saturated carbocycles. The van der Waals surface area contributed by atoms with Gasteiger partial charge in [-0.25, -0.2) is 13.6 Å². The minimum Gasteiger partial charge on any atom is -0.448 e. The number of hydrogen-bond acceptors (Lipinski definition) is 4. The first kappa shape index (κ1) is 18.8. The molecule has 6 nitrogen and oxygen atoms in total. The van der Waals surface area contributed by atoms with Crippen molar-refractivity contribution in [1.29, 1.82) is 0 Å². The van der Waals surface area contributed by atoms with Gasteiger partial charge in [-0.15, -0.1) is 0 Å². The van der Waals surface area contributed by atoms with Gasteiger partial charge in [-0.1, -0.05) is 41.1 Å². The third kappa shape index (κ3) is 2.92. The lowest BCUT2D eigenvalue weighted by Gasteiger charge is -2.13. The first-order valence-corrected chi connectivity index (χ1v) is 9.35. The molecule has 31 heavy (non-hydrogen) atoms. The number of rotatable bonds is 3. The Morgan fingerprint density at radius 3 is 2.48 bits per heavy atom. The van der Waals surface area contributed by atoms with Crippen LogP contribution in [-0.2, 0) is 6.54 Å². The highest BCUT2D eigenvalue weighted by Gasteiger charge is 2.21. The van der Waals surface area contributed by atoms with Gasteiger partial charge in [0.2, 0.25) is 5.58 Å². The normalized spacial score (nSPS) is 11.4. The smallest absolute Gasteiger partial charge is 0.365 e. The van der Waals surface area contributed by atoms with Crippen LogP contribution in [0.25, 0.3) is 33.2 Å². The Morgan fingerprint density at radius 2 is 1.65 bits per heavy atom. The Hall–Kier alpha value is -4.20. The zero-order valence-corrected chi connectivity index (χ0v) is 15.9. The molecular weight excluding hydrogens is 406 g/mol. The summed E-state index contributed by atoms with van der Waals surface area (Å²) in [5.74, 6) is -1.22. The predicted molar refractivity (Wildman–Crippen MR) is 110 cm³/mol. The summed E-state index contributed by atoms with van der Waals surface area (Å²) in [7, 11) is 0. The Kier molecular flexibility index (Phi) is 4.21.